The standard InChI is InChI=1S/C22H24N8OS/c1-23-20(31)8-9-30-13-16(12-25-30)15-10-18-17(24-11-15)6-7-19(26-18)27-22-29-28-21(32-22)14-4-2-3-5-14/h6-7,10-14H,2-5,8-9H2,1H3,(H,23,31)(H,26,27,29). The van der Waals surface area contributed by atoms with E-state index in [1.165, 1.54) is 25.7 Å². The van der Waals surface area contributed by atoms with Crippen molar-refractivity contribution in [1.82, 2.24) is 35.3 Å². The van der Waals surface area contributed by atoms with Gasteiger partial charge in [0.2, 0.25) is 11.0 Å². The Morgan fingerprint density at radius 1 is 1.16 bits per heavy atom. The molecule has 9 nitrogen and oxygen atoms in total. The number of carbonyl (C=O) groups is 1. The molecule has 1 aliphatic carbocycles. The first-order chi connectivity index (χ1) is 15.7. The number of aromatic nitrogens is 6. The van der Waals surface area contributed by atoms with Crippen molar-refractivity contribution in [3.05, 3.63) is 41.8 Å². The summed E-state index contributed by atoms with van der Waals surface area (Å²) in [5.41, 5.74) is 3.45. The normalized spacial score (nSPS) is 14.2. The molecule has 0 aromatic carbocycles. The number of amides is 1. The predicted octanol–water partition coefficient (Wildman–Crippen LogP) is 3.88. The fourth-order valence-electron chi connectivity index (χ4n) is 3.94. The third kappa shape index (κ3) is 4.45. The van der Waals surface area contributed by atoms with Crippen molar-refractivity contribution in [3.8, 4) is 11.1 Å². The third-order valence-corrected chi connectivity index (χ3v) is 6.73. The Bertz CT molecular complexity index is 1240. The Labute approximate surface area is 189 Å². The summed E-state index contributed by atoms with van der Waals surface area (Å²) >= 11 is 1.61. The molecule has 0 aliphatic heterocycles. The number of pyridine rings is 2. The van der Waals surface area contributed by atoms with Gasteiger partial charge in [-0.15, -0.1) is 10.2 Å². The number of nitrogens with one attached hydrogen (secondary N) is 2. The SMILES string of the molecule is CNC(=O)CCn1cc(-c2cnc3ccc(Nc4nnc(C5CCCC5)s4)nc3c2)cn1. The lowest BCUT2D eigenvalue weighted by Gasteiger charge is -2.05. The highest BCUT2D eigenvalue weighted by atomic mass is 32.1. The molecule has 164 valence electrons. The average molecular weight is 449 g/mol. The molecule has 4 aromatic rings. The number of carbonyl (C=O) groups excluding carboxylic acids is 1. The zero-order chi connectivity index (χ0) is 21.9. The van der Waals surface area contributed by atoms with E-state index >= 15 is 0 Å². The van der Waals surface area contributed by atoms with Crippen molar-refractivity contribution in [1.29, 1.82) is 0 Å². The van der Waals surface area contributed by atoms with Crippen molar-refractivity contribution in [2.75, 3.05) is 12.4 Å². The predicted molar refractivity (Wildman–Crippen MR) is 124 cm³/mol. The lowest BCUT2D eigenvalue weighted by molar-refractivity contribution is -0.120. The minimum atomic E-state index is -0.00977. The summed E-state index contributed by atoms with van der Waals surface area (Å²) in [6, 6.07) is 5.85. The van der Waals surface area contributed by atoms with E-state index in [1.807, 2.05) is 30.6 Å². The molecule has 4 aromatic heterocycles. The first kappa shape index (κ1) is 20.5. The lowest BCUT2D eigenvalue weighted by atomic mass is 10.1. The Kier molecular flexibility index (Phi) is 5.76. The van der Waals surface area contributed by atoms with Gasteiger partial charge in [0.05, 0.1) is 17.2 Å². The van der Waals surface area contributed by atoms with E-state index in [1.54, 1.807) is 29.3 Å². The number of nitrogens with zero attached hydrogens (tertiary/aromatic N) is 6. The molecule has 32 heavy (non-hydrogen) atoms. The third-order valence-electron chi connectivity index (χ3n) is 5.73. The molecular formula is C22H24N8OS. The van der Waals surface area contributed by atoms with E-state index in [2.05, 4.69) is 30.9 Å². The second-order valence-corrected chi connectivity index (χ2v) is 8.93. The molecule has 0 bridgehead atoms. The monoisotopic (exact) mass is 448 g/mol. The summed E-state index contributed by atoms with van der Waals surface area (Å²) in [4.78, 5) is 20.7. The average Bonchev–Trinajstić information content (AvgIpc) is 3.58. The smallest absolute Gasteiger partial charge is 0.221 e. The molecule has 0 radical (unpaired) electrons. The summed E-state index contributed by atoms with van der Waals surface area (Å²) in [5.74, 6) is 1.26. The largest absolute Gasteiger partial charge is 0.359 e. The van der Waals surface area contributed by atoms with Crippen LogP contribution < -0.4 is 10.6 Å². The molecule has 1 fully saturated rings. The number of hydrogen-bond acceptors (Lipinski definition) is 8. The van der Waals surface area contributed by atoms with Crippen LogP contribution in [0.15, 0.2) is 36.8 Å². The quantitative estimate of drug-likeness (QED) is 0.441. The van der Waals surface area contributed by atoms with Gasteiger partial charge in [-0.3, -0.25) is 14.5 Å². The zero-order valence-electron chi connectivity index (χ0n) is 17.8. The maximum Gasteiger partial charge on any atom is 0.221 e. The molecule has 0 saturated heterocycles. The van der Waals surface area contributed by atoms with Crippen LogP contribution in [0.5, 0.6) is 0 Å². The summed E-state index contributed by atoms with van der Waals surface area (Å²) in [5, 5.41) is 20.8. The Hall–Kier alpha value is -3.40. The zero-order valence-corrected chi connectivity index (χ0v) is 18.6. The highest BCUT2D eigenvalue weighted by molar-refractivity contribution is 7.15. The molecular weight excluding hydrogens is 424 g/mol. The fraction of sp³-hybridized carbons (Fsp3) is 0.364. The van der Waals surface area contributed by atoms with E-state index in [4.69, 9.17) is 4.98 Å². The Morgan fingerprint density at radius 2 is 2.03 bits per heavy atom. The molecule has 2 N–H and O–H groups in total. The first-order valence-corrected chi connectivity index (χ1v) is 11.6. The summed E-state index contributed by atoms with van der Waals surface area (Å²) in [6.07, 6.45) is 10.9. The number of hydrogen-bond donors (Lipinski definition) is 2. The Balaban J connectivity index is 1.33. The second kappa shape index (κ2) is 8.99. The van der Waals surface area contributed by atoms with Crippen LogP contribution in [-0.2, 0) is 11.3 Å². The van der Waals surface area contributed by atoms with Crippen LogP contribution in [0.3, 0.4) is 0 Å². The molecule has 0 unspecified atom stereocenters. The maximum atomic E-state index is 11.5. The van der Waals surface area contributed by atoms with Gasteiger partial charge in [-0.2, -0.15) is 5.10 Å². The topological polar surface area (TPSA) is 111 Å². The number of anilines is 2. The van der Waals surface area contributed by atoms with Crippen LogP contribution in [0.1, 0.15) is 43.0 Å². The van der Waals surface area contributed by atoms with E-state index in [0.29, 0.717) is 24.7 Å². The van der Waals surface area contributed by atoms with Gasteiger partial charge in [-0.1, -0.05) is 24.2 Å². The number of rotatable bonds is 7. The Morgan fingerprint density at radius 3 is 2.88 bits per heavy atom. The maximum absolute atomic E-state index is 11.5. The molecule has 0 spiro atoms. The summed E-state index contributed by atoms with van der Waals surface area (Å²) in [6.45, 7) is 0.525. The van der Waals surface area contributed by atoms with Crippen molar-refractivity contribution < 1.29 is 4.79 Å². The van der Waals surface area contributed by atoms with Crippen molar-refractivity contribution in [2.24, 2.45) is 0 Å². The van der Waals surface area contributed by atoms with E-state index < -0.39 is 0 Å². The van der Waals surface area contributed by atoms with Gasteiger partial charge in [0.1, 0.15) is 10.8 Å². The van der Waals surface area contributed by atoms with Crippen LogP contribution in [0, 0.1) is 0 Å². The van der Waals surface area contributed by atoms with Crippen molar-refractivity contribution >= 4 is 39.2 Å². The molecule has 1 aliphatic rings. The first-order valence-electron chi connectivity index (χ1n) is 10.8. The van der Waals surface area contributed by atoms with E-state index in [-0.39, 0.29) is 5.91 Å². The molecule has 1 saturated carbocycles. The van der Waals surface area contributed by atoms with Crippen molar-refractivity contribution in [2.45, 2.75) is 44.6 Å². The van der Waals surface area contributed by atoms with E-state index in [9.17, 15) is 4.79 Å². The highest BCUT2D eigenvalue weighted by Gasteiger charge is 2.21. The number of aryl methyl sites for hydroxylation is 1. The van der Waals surface area contributed by atoms with Gasteiger partial charge in [0.15, 0.2) is 0 Å². The summed E-state index contributed by atoms with van der Waals surface area (Å²) < 4.78 is 1.76. The lowest BCUT2D eigenvalue weighted by Crippen LogP contribution is -2.19. The van der Waals surface area contributed by atoms with Crippen LogP contribution in [0.4, 0.5) is 10.9 Å². The van der Waals surface area contributed by atoms with Gasteiger partial charge in [-0.05, 0) is 31.0 Å². The second-order valence-electron chi connectivity index (χ2n) is 7.93. The fourth-order valence-corrected chi connectivity index (χ4v) is 4.86. The van der Waals surface area contributed by atoms with Crippen molar-refractivity contribution in [3.63, 3.8) is 0 Å². The van der Waals surface area contributed by atoms with Gasteiger partial charge in [0, 0.05) is 49.5 Å². The summed E-state index contributed by atoms with van der Waals surface area (Å²) in [7, 11) is 1.63. The van der Waals surface area contributed by atoms with Gasteiger partial charge < -0.3 is 10.6 Å². The van der Waals surface area contributed by atoms with Crippen LogP contribution in [0.25, 0.3) is 22.2 Å². The van der Waals surface area contributed by atoms with Gasteiger partial charge in [-0.25, -0.2) is 4.98 Å². The minimum absolute atomic E-state index is 0.00977. The highest BCUT2D eigenvalue weighted by Crippen LogP contribution is 2.37. The van der Waals surface area contributed by atoms with Crippen LogP contribution in [0.2, 0.25) is 0 Å². The molecule has 5 rings (SSSR count). The molecule has 0 atom stereocenters. The minimum Gasteiger partial charge on any atom is -0.359 e. The molecule has 10 heteroatoms. The van der Waals surface area contributed by atoms with Crippen LogP contribution >= 0.6 is 11.3 Å². The molecule has 1 amide bonds. The van der Waals surface area contributed by atoms with Crippen LogP contribution in [-0.4, -0.2) is 42.9 Å². The van der Waals surface area contributed by atoms with Gasteiger partial charge >= 0.3 is 0 Å². The number of fused-ring (bicyclic) bond motifs is 1. The molecule has 4 heterocycles. The van der Waals surface area contributed by atoms with E-state index in [0.717, 1.165) is 32.3 Å². The van der Waals surface area contributed by atoms with Gasteiger partial charge in [0.25, 0.3) is 0 Å².